The van der Waals surface area contributed by atoms with Gasteiger partial charge < -0.3 is 15.4 Å². The summed E-state index contributed by atoms with van der Waals surface area (Å²) in [7, 11) is 0. The second-order valence-corrected chi connectivity index (χ2v) is 8.38. The molecule has 1 aliphatic carbocycles. The van der Waals surface area contributed by atoms with Crippen molar-refractivity contribution in [2.45, 2.75) is 66.0 Å². The first-order valence-electron chi connectivity index (χ1n) is 9.92. The van der Waals surface area contributed by atoms with E-state index in [0.717, 1.165) is 47.6 Å². The molecule has 0 bridgehead atoms. The molecule has 1 aliphatic rings. The van der Waals surface area contributed by atoms with Gasteiger partial charge in [-0.3, -0.25) is 4.68 Å². The second-order valence-electron chi connectivity index (χ2n) is 6.87. The van der Waals surface area contributed by atoms with Crippen molar-refractivity contribution in [2.75, 3.05) is 11.9 Å². The standard InChI is InChI=1S/C20H28N4O2S2/c1-4-24-13(3)14(12-22-24)11-21-20(27)23-18-17(19(25)26-5-2)15-9-7-6-8-10-16(15)28-18/h12H,4-11H2,1-3H3,(H2,21,23,27). The topological polar surface area (TPSA) is 68.2 Å². The molecule has 0 fully saturated rings. The SMILES string of the molecule is CCOC(=O)c1c(NC(=S)NCc2cnn(CC)c2C)sc2c1CCCCC2. The first kappa shape index (κ1) is 20.8. The van der Waals surface area contributed by atoms with E-state index in [9.17, 15) is 4.79 Å². The molecule has 0 aromatic carbocycles. The molecule has 2 aromatic rings. The fraction of sp³-hybridized carbons (Fsp3) is 0.550. The predicted octanol–water partition coefficient (Wildman–Crippen LogP) is 4.21. The molecule has 2 heterocycles. The van der Waals surface area contributed by atoms with Crippen molar-refractivity contribution < 1.29 is 9.53 Å². The van der Waals surface area contributed by atoms with Gasteiger partial charge in [-0.05, 0) is 64.2 Å². The molecule has 0 atom stereocenters. The van der Waals surface area contributed by atoms with E-state index in [1.807, 2.05) is 17.8 Å². The summed E-state index contributed by atoms with van der Waals surface area (Å²) in [4.78, 5) is 13.9. The summed E-state index contributed by atoms with van der Waals surface area (Å²) < 4.78 is 7.29. The van der Waals surface area contributed by atoms with Gasteiger partial charge in [-0.2, -0.15) is 5.10 Å². The normalized spacial score (nSPS) is 13.5. The Morgan fingerprint density at radius 1 is 1.32 bits per heavy atom. The van der Waals surface area contributed by atoms with Crippen LogP contribution in [0.5, 0.6) is 0 Å². The molecule has 3 rings (SSSR count). The van der Waals surface area contributed by atoms with Crippen LogP contribution < -0.4 is 10.6 Å². The molecular weight excluding hydrogens is 392 g/mol. The third-order valence-corrected chi connectivity index (χ3v) is 6.53. The van der Waals surface area contributed by atoms with E-state index in [0.29, 0.717) is 23.8 Å². The highest BCUT2D eigenvalue weighted by Gasteiger charge is 2.26. The summed E-state index contributed by atoms with van der Waals surface area (Å²) in [5.41, 5.74) is 4.06. The summed E-state index contributed by atoms with van der Waals surface area (Å²) >= 11 is 7.13. The summed E-state index contributed by atoms with van der Waals surface area (Å²) in [6.07, 6.45) is 7.29. The average molecular weight is 421 g/mol. The number of aromatic nitrogens is 2. The number of esters is 1. The summed E-state index contributed by atoms with van der Waals surface area (Å²) in [6, 6.07) is 0. The van der Waals surface area contributed by atoms with Crippen molar-refractivity contribution in [2.24, 2.45) is 0 Å². The maximum atomic E-state index is 12.6. The zero-order chi connectivity index (χ0) is 20.1. The lowest BCUT2D eigenvalue weighted by Gasteiger charge is -2.11. The van der Waals surface area contributed by atoms with Crippen LogP contribution in [0.15, 0.2) is 6.20 Å². The van der Waals surface area contributed by atoms with Crippen LogP contribution in [0.4, 0.5) is 5.00 Å². The van der Waals surface area contributed by atoms with Crippen molar-refractivity contribution in [1.29, 1.82) is 0 Å². The van der Waals surface area contributed by atoms with Gasteiger partial charge in [0.1, 0.15) is 5.00 Å². The van der Waals surface area contributed by atoms with Crippen LogP contribution in [0.25, 0.3) is 0 Å². The minimum absolute atomic E-state index is 0.257. The molecule has 6 nitrogen and oxygen atoms in total. The Morgan fingerprint density at radius 3 is 2.82 bits per heavy atom. The molecule has 152 valence electrons. The number of fused-ring (bicyclic) bond motifs is 1. The Balaban J connectivity index is 1.74. The molecular formula is C20H28N4O2S2. The highest BCUT2D eigenvalue weighted by Crippen LogP contribution is 2.38. The number of thiocarbonyl (C=S) groups is 1. The third kappa shape index (κ3) is 4.55. The monoisotopic (exact) mass is 420 g/mol. The van der Waals surface area contributed by atoms with E-state index in [4.69, 9.17) is 17.0 Å². The van der Waals surface area contributed by atoms with E-state index in [2.05, 4.69) is 29.6 Å². The molecule has 0 radical (unpaired) electrons. The molecule has 28 heavy (non-hydrogen) atoms. The van der Waals surface area contributed by atoms with Crippen molar-refractivity contribution in [1.82, 2.24) is 15.1 Å². The maximum Gasteiger partial charge on any atom is 0.341 e. The van der Waals surface area contributed by atoms with Crippen LogP contribution in [-0.4, -0.2) is 27.5 Å². The fourth-order valence-corrected chi connectivity index (χ4v) is 5.07. The second kappa shape index (κ2) is 9.52. The number of rotatable bonds is 6. The highest BCUT2D eigenvalue weighted by molar-refractivity contribution is 7.80. The van der Waals surface area contributed by atoms with Gasteiger partial charge in [-0.1, -0.05) is 6.42 Å². The predicted molar refractivity (Wildman–Crippen MR) is 117 cm³/mol. The Kier molecular flexibility index (Phi) is 7.07. The van der Waals surface area contributed by atoms with E-state index in [1.54, 1.807) is 11.3 Å². The number of hydrogen-bond donors (Lipinski definition) is 2. The molecule has 8 heteroatoms. The van der Waals surface area contributed by atoms with Crippen molar-refractivity contribution in [3.8, 4) is 0 Å². The van der Waals surface area contributed by atoms with Crippen LogP contribution in [0.1, 0.15) is 65.2 Å². The minimum Gasteiger partial charge on any atom is -0.462 e. The van der Waals surface area contributed by atoms with Crippen LogP contribution >= 0.6 is 23.6 Å². The van der Waals surface area contributed by atoms with Gasteiger partial charge in [-0.25, -0.2) is 4.79 Å². The Labute approximate surface area is 175 Å². The quantitative estimate of drug-likeness (QED) is 0.415. The zero-order valence-corrected chi connectivity index (χ0v) is 18.4. The van der Waals surface area contributed by atoms with Gasteiger partial charge in [0.25, 0.3) is 0 Å². The van der Waals surface area contributed by atoms with Crippen molar-refractivity contribution >= 4 is 39.6 Å². The smallest absolute Gasteiger partial charge is 0.341 e. The van der Waals surface area contributed by atoms with E-state index >= 15 is 0 Å². The number of nitrogens with one attached hydrogen (secondary N) is 2. The van der Waals surface area contributed by atoms with E-state index in [-0.39, 0.29) is 5.97 Å². The lowest BCUT2D eigenvalue weighted by atomic mass is 10.1. The lowest BCUT2D eigenvalue weighted by Crippen LogP contribution is -2.28. The average Bonchev–Trinajstić information content (AvgIpc) is 3.11. The number of anilines is 1. The Morgan fingerprint density at radius 2 is 2.11 bits per heavy atom. The van der Waals surface area contributed by atoms with Crippen LogP contribution in [0.3, 0.4) is 0 Å². The van der Waals surface area contributed by atoms with Gasteiger partial charge in [0.15, 0.2) is 5.11 Å². The summed E-state index contributed by atoms with van der Waals surface area (Å²) in [6.45, 7) is 7.77. The fourth-order valence-electron chi connectivity index (χ4n) is 3.55. The molecule has 2 N–H and O–H groups in total. The molecule has 0 saturated heterocycles. The van der Waals surface area contributed by atoms with Crippen molar-refractivity contribution in [3.05, 3.63) is 33.5 Å². The summed E-state index contributed by atoms with van der Waals surface area (Å²) in [5.74, 6) is -0.257. The number of carbonyl (C=O) groups is 1. The van der Waals surface area contributed by atoms with Gasteiger partial charge >= 0.3 is 5.97 Å². The number of thiophene rings is 1. The van der Waals surface area contributed by atoms with Gasteiger partial charge in [0.05, 0.1) is 18.4 Å². The van der Waals surface area contributed by atoms with Crippen LogP contribution in [-0.2, 0) is 30.7 Å². The number of carbonyl (C=O) groups excluding carboxylic acids is 1. The van der Waals surface area contributed by atoms with E-state index in [1.165, 1.54) is 17.7 Å². The largest absolute Gasteiger partial charge is 0.462 e. The van der Waals surface area contributed by atoms with E-state index < -0.39 is 0 Å². The summed E-state index contributed by atoms with van der Waals surface area (Å²) in [5, 5.41) is 12.1. The molecule has 0 spiro atoms. The number of nitrogens with zero attached hydrogens (tertiary/aromatic N) is 2. The molecule has 2 aromatic heterocycles. The highest BCUT2D eigenvalue weighted by atomic mass is 32.1. The van der Waals surface area contributed by atoms with Gasteiger partial charge in [-0.15, -0.1) is 11.3 Å². The third-order valence-electron chi connectivity index (χ3n) is 5.07. The number of hydrogen-bond acceptors (Lipinski definition) is 5. The van der Waals surface area contributed by atoms with Crippen LogP contribution in [0, 0.1) is 6.92 Å². The Bertz CT molecular complexity index is 857. The maximum absolute atomic E-state index is 12.6. The van der Waals surface area contributed by atoms with Gasteiger partial charge in [0.2, 0.25) is 0 Å². The first-order chi connectivity index (χ1) is 13.5. The lowest BCUT2D eigenvalue weighted by molar-refractivity contribution is 0.0527. The number of aryl methyl sites for hydroxylation is 2. The molecule has 0 aliphatic heterocycles. The Hall–Kier alpha value is -1.93. The van der Waals surface area contributed by atoms with Crippen LogP contribution in [0.2, 0.25) is 0 Å². The first-order valence-corrected chi connectivity index (χ1v) is 11.1. The molecule has 0 unspecified atom stereocenters. The molecule has 0 saturated carbocycles. The number of ether oxygens (including phenoxy) is 1. The zero-order valence-electron chi connectivity index (χ0n) is 16.8. The van der Waals surface area contributed by atoms with Crippen molar-refractivity contribution in [3.63, 3.8) is 0 Å². The minimum atomic E-state index is -0.257. The molecule has 0 amide bonds. The van der Waals surface area contributed by atoms with Gasteiger partial charge in [0, 0.05) is 29.2 Å².